The Morgan fingerprint density at radius 2 is 1.81 bits per heavy atom. The number of benzene rings is 2. The molecule has 7 heteroatoms. The van der Waals surface area contributed by atoms with E-state index < -0.39 is 10.1 Å². The van der Waals surface area contributed by atoms with Crippen molar-refractivity contribution in [2.24, 2.45) is 0 Å². The van der Waals surface area contributed by atoms with Gasteiger partial charge in [0.05, 0.1) is 17.1 Å². The first-order valence-corrected chi connectivity index (χ1v) is 10.0. The van der Waals surface area contributed by atoms with Gasteiger partial charge in [0.25, 0.3) is 10.1 Å². The second kappa shape index (κ2) is 7.54. The van der Waals surface area contributed by atoms with Gasteiger partial charge in [0.1, 0.15) is 5.76 Å². The van der Waals surface area contributed by atoms with Crippen LogP contribution in [0.4, 0.5) is 5.88 Å². The second-order valence-electron chi connectivity index (χ2n) is 6.33. The fraction of sp³-hybridized carbons (Fsp3) is 0.250. The summed E-state index contributed by atoms with van der Waals surface area (Å²) >= 11 is 0. The number of rotatable bonds is 6. The first-order valence-electron chi connectivity index (χ1n) is 8.61. The van der Waals surface area contributed by atoms with Crippen molar-refractivity contribution in [3.05, 3.63) is 69.4 Å². The number of hydrogen-bond donors (Lipinski definition) is 1. The Bertz CT molecular complexity index is 1080. The third-order valence-electron chi connectivity index (χ3n) is 4.34. The molecule has 2 N–H and O–H groups in total. The molecule has 0 unspecified atom stereocenters. The highest BCUT2D eigenvalue weighted by Gasteiger charge is 2.17. The molecule has 1 aliphatic carbocycles. The van der Waals surface area contributed by atoms with Gasteiger partial charge in [0, 0.05) is 5.56 Å². The number of nitrogen functional groups attached to an aromatic ring is 1. The molecule has 142 valence electrons. The summed E-state index contributed by atoms with van der Waals surface area (Å²) in [7, 11) is -3.84. The maximum Gasteiger partial charge on any atom is 0.296 e. The molecule has 0 fully saturated rings. The quantitative estimate of drug-likeness (QED) is 0.652. The first-order chi connectivity index (χ1) is 12.8. The van der Waals surface area contributed by atoms with E-state index in [0.717, 1.165) is 11.1 Å². The van der Waals surface area contributed by atoms with E-state index in [9.17, 15) is 13.2 Å². The number of aryl methyl sites for hydroxylation is 2. The molecule has 0 saturated carbocycles. The molecule has 1 aromatic carbocycles. The van der Waals surface area contributed by atoms with Gasteiger partial charge in [-0.05, 0) is 55.7 Å². The molecule has 0 spiro atoms. The van der Waals surface area contributed by atoms with Crippen molar-refractivity contribution in [1.29, 1.82) is 0 Å². The van der Waals surface area contributed by atoms with E-state index >= 15 is 0 Å². The average Bonchev–Trinajstić information content (AvgIpc) is 2.61. The lowest BCUT2D eigenvalue weighted by molar-refractivity contribution is 0.322. The number of nitrogens with two attached hydrogens (primary N) is 1. The van der Waals surface area contributed by atoms with Gasteiger partial charge in [-0.25, -0.2) is 0 Å². The molecule has 6 nitrogen and oxygen atoms in total. The van der Waals surface area contributed by atoms with Gasteiger partial charge in [0.2, 0.25) is 0 Å². The largest absolute Gasteiger partial charge is 0.441 e. The second-order valence-corrected chi connectivity index (χ2v) is 7.95. The zero-order valence-electron chi connectivity index (χ0n) is 15.2. The monoisotopic (exact) mass is 387 g/mol. The highest BCUT2D eigenvalue weighted by atomic mass is 32.2. The van der Waals surface area contributed by atoms with E-state index in [1.165, 1.54) is 18.2 Å². The highest BCUT2D eigenvalue weighted by Crippen LogP contribution is 2.26. The van der Waals surface area contributed by atoms with Crippen molar-refractivity contribution >= 4 is 16.0 Å². The molecular formula is C20H21NO5S. The van der Waals surface area contributed by atoms with E-state index in [4.69, 9.17) is 14.3 Å². The van der Waals surface area contributed by atoms with Gasteiger partial charge >= 0.3 is 0 Å². The lowest BCUT2D eigenvalue weighted by Crippen LogP contribution is -2.12. The smallest absolute Gasteiger partial charge is 0.296 e. The van der Waals surface area contributed by atoms with E-state index in [1.807, 2.05) is 13.8 Å². The predicted molar refractivity (Wildman–Crippen MR) is 103 cm³/mol. The highest BCUT2D eigenvalue weighted by molar-refractivity contribution is 7.86. The molecule has 2 aliphatic rings. The van der Waals surface area contributed by atoms with Gasteiger partial charge in [-0.15, -0.1) is 0 Å². The molecule has 1 aromatic rings. The Hall–Kier alpha value is -2.64. The molecule has 3 rings (SSSR count). The maximum atomic E-state index is 12.3. The molecule has 27 heavy (non-hydrogen) atoms. The Balaban J connectivity index is 1.77. The van der Waals surface area contributed by atoms with Crippen LogP contribution in [0.2, 0.25) is 0 Å². The summed E-state index contributed by atoms with van der Waals surface area (Å²) in [4.78, 5) is 12.4. The van der Waals surface area contributed by atoms with Crippen LogP contribution in [0.1, 0.15) is 23.6 Å². The lowest BCUT2D eigenvalue weighted by atomic mass is 10.0. The zero-order valence-corrected chi connectivity index (χ0v) is 16.0. The Morgan fingerprint density at radius 1 is 1.11 bits per heavy atom. The van der Waals surface area contributed by atoms with Crippen LogP contribution in [0, 0.1) is 6.92 Å². The van der Waals surface area contributed by atoms with Crippen molar-refractivity contribution in [3.63, 3.8) is 0 Å². The van der Waals surface area contributed by atoms with Crippen LogP contribution in [-0.4, -0.2) is 15.0 Å². The average molecular weight is 387 g/mol. The minimum Gasteiger partial charge on any atom is -0.441 e. The molecule has 0 radical (unpaired) electrons. The normalized spacial score (nSPS) is 11.8. The summed E-state index contributed by atoms with van der Waals surface area (Å²) in [5, 5.41) is 0. The molecule has 0 atom stereocenters. The van der Waals surface area contributed by atoms with Crippen LogP contribution < -0.4 is 11.2 Å². The van der Waals surface area contributed by atoms with Crippen LogP contribution >= 0.6 is 0 Å². The summed E-state index contributed by atoms with van der Waals surface area (Å²) in [6, 6.07) is 11.3. The summed E-state index contributed by atoms with van der Waals surface area (Å²) < 4.78 is 35.1. The maximum absolute atomic E-state index is 12.3. The van der Waals surface area contributed by atoms with Crippen LogP contribution in [0.5, 0.6) is 0 Å². The summed E-state index contributed by atoms with van der Waals surface area (Å²) in [5.41, 5.74) is 8.48. The fourth-order valence-corrected chi connectivity index (χ4v) is 3.68. The molecular weight excluding hydrogens is 366 g/mol. The summed E-state index contributed by atoms with van der Waals surface area (Å²) in [6.45, 7) is 3.72. The van der Waals surface area contributed by atoms with Crippen molar-refractivity contribution in [3.8, 4) is 11.3 Å². The van der Waals surface area contributed by atoms with Gasteiger partial charge in [-0.2, -0.15) is 8.42 Å². The Kier molecular flexibility index (Phi) is 5.34. The lowest BCUT2D eigenvalue weighted by Gasteiger charge is -2.11. The fourth-order valence-electron chi connectivity index (χ4n) is 2.77. The van der Waals surface area contributed by atoms with Crippen LogP contribution in [0.3, 0.4) is 0 Å². The van der Waals surface area contributed by atoms with Crippen LogP contribution in [-0.2, 0) is 27.1 Å². The third kappa shape index (κ3) is 4.20. The van der Waals surface area contributed by atoms with E-state index in [0.29, 0.717) is 23.3 Å². The first kappa shape index (κ1) is 19.1. The van der Waals surface area contributed by atoms with Crippen molar-refractivity contribution in [2.45, 2.75) is 31.6 Å². The summed E-state index contributed by atoms with van der Waals surface area (Å²) in [6.07, 6.45) is 0.915. The Morgan fingerprint density at radius 3 is 2.48 bits per heavy atom. The van der Waals surface area contributed by atoms with Crippen LogP contribution in [0.15, 0.2) is 56.6 Å². The van der Waals surface area contributed by atoms with Crippen molar-refractivity contribution in [2.75, 3.05) is 12.3 Å². The Labute approximate surface area is 158 Å². The zero-order chi connectivity index (χ0) is 19.6. The van der Waals surface area contributed by atoms with Gasteiger partial charge in [0.15, 0.2) is 11.3 Å². The summed E-state index contributed by atoms with van der Waals surface area (Å²) in [5.74, 6) is 0.661. The van der Waals surface area contributed by atoms with Gasteiger partial charge in [-0.3, -0.25) is 8.98 Å². The van der Waals surface area contributed by atoms with Gasteiger partial charge in [-0.1, -0.05) is 24.6 Å². The standard InChI is InChI=1S/C20H21NO5S/c1-3-15-12-17-18(22)10-14(11-19(17)26-20(15)21)8-9-25-27(23,24)16-6-4-13(2)5-7-16/h4-7,10-12H,3,8-9,21H2,1-2H3. The molecule has 1 heterocycles. The SMILES string of the molecule is CCc1cc2c(=O)cc(CCOS(=O)(=O)c3ccc(C)cc3)cc-2oc1N. The molecule has 0 saturated heterocycles. The molecule has 0 amide bonds. The third-order valence-corrected chi connectivity index (χ3v) is 5.67. The minimum absolute atomic E-state index is 0.0797. The van der Waals surface area contributed by atoms with E-state index in [-0.39, 0.29) is 29.2 Å². The number of hydrogen-bond acceptors (Lipinski definition) is 6. The van der Waals surface area contributed by atoms with E-state index in [2.05, 4.69) is 0 Å². The number of fused-ring (bicyclic) bond motifs is 1. The van der Waals surface area contributed by atoms with Crippen molar-refractivity contribution in [1.82, 2.24) is 0 Å². The van der Waals surface area contributed by atoms with Crippen LogP contribution in [0.25, 0.3) is 11.3 Å². The molecule has 1 aliphatic heterocycles. The molecule has 0 bridgehead atoms. The number of anilines is 1. The van der Waals surface area contributed by atoms with E-state index in [1.54, 1.807) is 24.3 Å². The van der Waals surface area contributed by atoms with Crippen molar-refractivity contribution < 1.29 is 17.0 Å². The van der Waals surface area contributed by atoms with Gasteiger partial charge < -0.3 is 10.2 Å². The predicted octanol–water partition coefficient (Wildman–Crippen LogP) is 3.15. The topological polar surface area (TPSA) is 99.6 Å². The molecule has 0 aromatic heterocycles. The minimum atomic E-state index is -3.84.